The van der Waals surface area contributed by atoms with E-state index in [1.165, 1.54) is 0 Å². The number of hydrogen-bond acceptors (Lipinski definition) is 4. The Bertz CT molecular complexity index is 434. The molecule has 0 aliphatic heterocycles. The molecule has 0 aliphatic rings. The van der Waals surface area contributed by atoms with Crippen LogP contribution < -0.4 is 11.1 Å². The predicted molar refractivity (Wildman–Crippen MR) is 72.6 cm³/mol. The van der Waals surface area contributed by atoms with Gasteiger partial charge in [-0.25, -0.2) is 0 Å². The minimum Gasteiger partial charge on any atom is -0.409 e. The first kappa shape index (κ1) is 14.9. The Labute approximate surface area is 112 Å². The van der Waals surface area contributed by atoms with Gasteiger partial charge in [0.15, 0.2) is 5.84 Å². The number of amidine groups is 1. The second kappa shape index (κ2) is 7.35. The molecular formula is C13H20N4O2. The van der Waals surface area contributed by atoms with Crippen molar-refractivity contribution < 1.29 is 10.0 Å². The van der Waals surface area contributed by atoms with E-state index in [1.54, 1.807) is 6.20 Å². The Balaban J connectivity index is 2.71. The summed E-state index contributed by atoms with van der Waals surface area (Å²) >= 11 is 0. The molecule has 0 fully saturated rings. The van der Waals surface area contributed by atoms with E-state index in [1.807, 2.05) is 32.0 Å². The average Bonchev–Trinajstić information content (AvgIpc) is 2.44. The van der Waals surface area contributed by atoms with Crippen LogP contribution in [0.1, 0.15) is 38.4 Å². The second-order valence-corrected chi connectivity index (χ2v) is 4.35. The number of rotatable bonds is 6. The largest absolute Gasteiger partial charge is 0.409 e. The van der Waals surface area contributed by atoms with Gasteiger partial charge < -0.3 is 16.3 Å². The van der Waals surface area contributed by atoms with Crippen molar-refractivity contribution in [2.45, 2.75) is 32.7 Å². The molecule has 0 aliphatic carbocycles. The van der Waals surface area contributed by atoms with Crippen LogP contribution in [0.15, 0.2) is 29.6 Å². The lowest BCUT2D eigenvalue weighted by Crippen LogP contribution is -2.40. The van der Waals surface area contributed by atoms with E-state index >= 15 is 0 Å². The number of hydrogen-bond donors (Lipinski definition) is 3. The standard InChI is InChI=1S/C13H20N4O2/c1-3-6-10(12(14)17-19)13(18)16-9(2)11-7-4-5-8-15-11/h4-5,7-10,19H,3,6H2,1-2H3,(H2,14,17)(H,16,18). The highest BCUT2D eigenvalue weighted by atomic mass is 16.4. The first-order chi connectivity index (χ1) is 9.10. The molecule has 0 saturated heterocycles. The van der Waals surface area contributed by atoms with Gasteiger partial charge in [0, 0.05) is 6.20 Å². The molecule has 0 aromatic carbocycles. The maximum absolute atomic E-state index is 12.1. The first-order valence-corrected chi connectivity index (χ1v) is 6.28. The van der Waals surface area contributed by atoms with Crippen LogP contribution in [0.25, 0.3) is 0 Å². The fraction of sp³-hybridized carbons (Fsp3) is 0.462. The highest BCUT2D eigenvalue weighted by Gasteiger charge is 2.24. The summed E-state index contributed by atoms with van der Waals surface area (Å²) in [5.74, 6) is -0.927. The Morgan fingerprint density at radius 1 is 1.58 bits per heavy atom. The molecule has 1 rings (SSSR count). The van der Waals surface area contributed by atoms with Crippen molar-refractivity contribution in [1.29, 1.82) is 0 Å². The van der Waals surface area contributed by atoms with Crippen molar-refractivity contribution in [1.82, 2.24) is 10.3 Å². The fourth-order valence-electron chi connectivity index (χ4n) is 1.79. The molecule has 0 bridgehead atoms. The molecule has 1 amide bonds. The van der Waals surface area contributed by atoms with E-state index in [2.05, 4.69) is 15.5 Å². The summed E-state index contributed by atoms with van der Waals surface area (Å²) in [7, 11) is 0. The van der Waals surface area contributed by atoms with Crippen LogP contribution >= 0.6 is 0 Å². The Morgan fingerprint density at radius 3 is 2.84 bits per heavy atom. The Kier molecular flexibility index (Phi) is 5.78. The molecule has 2 unspecified atom stereocenters. The van der Waals surface area contributed by atoms with Gasteiger partial charge in [-0.3, -0.25) is 9.78 Å². The van der Waals surface area contributed by atoms with Crippen molar-refractivity contribution in [3.05, 3.63) is 30.1 Å². The topological polar surface area (TPSA) is 101 Å². The third-order valence-corrected chi connectivity index (χ3v) is 2.86. The summed E-state index contributed by atoms with van der Waals surface area (Å²) < 4.78 is 0. The molecule has 4 N–H and O–H groups in total. The van der Waals surface area contributed by atoms with E-state index < -0.39 is 5.92 Å². The molecule has 1 aromatic rings. The van der Waals surface area contributed by atoms with Crippen molar-refractivity contribution in [2.75, 3.05) is 0 Å². The maximum atomic E-state index is 12.1. The van der Waals surface area contributed by atoms with E-state index in [4.69, 9.17) is 10.9 Å². The van der Waals surface area contributed by atoms with Gasteiger partial charge in [-0.1, -0.05) is 24.6 Å². The van der Waals surface area contributed by atoms with Gasteiger partial charge in [0.25, 0.3) is 0 Å². The lowest BCUT2D eigenvalue weighted by Gasteiger charge is -2.18. The number of aromatic nitrogens is 1. The number of oxime groups is 1. The normalized spacial score (nSPS) is 14.7. The molecular weight excluding hydrogens is 244 g/mol. The van der Waals surface area contributed by atoms with Crippen LogP contribution in [-0.2, 0) is 4.79 Å². The molecule has 0 spiro atoms. The quantitative estimate of drug-likeness (QED) is 0.313. The van der Waals surface area contributed by atoms with E-state index in [0.717, 1.165) is 12.1 Å². The molecule has 2 atom stereocenters. The number of nitrogens with zero attached hydrogens (tertiary/aromatic N) is 2. The smallest absolute Gasteiger partial charge is 0.231 e. The van der Waals surface area contributed by atoms with Gasteiger partial charge in [-0.2, -0.15) is 0 Å². The van der Waals surface area contributed by atoms with Gasteiger partial charge in [0.05, 0.1) is 17.7 Å². The number of amides is 1. The summed E-state index contributed by atoms with van der Waals surface area (Å²) in [6.45, 7) is 3.78. The number of pyridine rings is 1. The van der Waals surface area contributed by atoms with Crippen molar-refractivity contribution in [3.63, 3.8) is 0 Å². The van der Waals surface area contributed by atoms with Crippen LogP contribution in [0, 0.1) is 5.92 Å². The van der Waals surface area contributed by atoms with Crippen LogP contribution in [0.3, 0.4) is 0 Å². The highest BCUT2D eigenvalue weighted by Crippen LogP contribution is 2.12. The Morgan fingerprint density at radius 2 is 2.32 bits per heavy atom. The number of carbonyl (C=O) groups is 1. The molecule has 104 valence electrons. The Hall–Kier alpha value is -2.11. The number of carbonyl (C=O) groups excluding carboxylic acids is 1. The van der Waals surface area contributed by atoms with Crippen LogP contribution in [-0.4, -0.2) is 21.9 Å². The summed E-state index contributed by atoms with van der Waals surface area (Å²) in [5.41, 5.74) is 6.31. The zero-order chi connectivity index (χ0) is 14.3. The number of nitrogens with one attached hydrogen (secondary N) is 1. The highest BCUT2D eigenvalue weighted by molar-refractivity contribution is 6.02. The van der Waals surface area contributed by atoms with Gasteiger partial charge >= 0.3 is 0 Å². The first-order valence-electron chi connectivity index (χ1n) is 6.28. The minimum atomic E-state index is -0.610. The molecule has 0 radical (unpaired) electrons. The second-order valence-electron chi connectivity index (χ2n) is 4.35. The third-order valence-electron chi connectivity index (χ3n) is 2.86. The van der Waals surface area contributed by atoms with Gasteiger partial charge in [-0.15, -0.1) is 0 Å². The van der Waals surface area contributed by atoms with Gasteiger partial charge in [0.2, 0.25) is 5.91 Å². The monoisotopic (exact) mass is 264 g/mol. The summed E-state index contributed by atoms with van der Waals surface area (Å²) in [6, 6.07) is 5.29. The van der Waals surface area contributed by atoms with E-state index in [9.17, 15) is 4.79 Å². The summed E-state index contributed by atoms with van der Waals surface area (Å²) in [5, 5.41) is 14.5. The zero-order valence-corrected chi connectivity index (χ0v) is 11.2. The molecule has 0 saturated carbocycles. The van der Waals surface area contributed by atoms with Crippen molar-refractivity contribution >= 4 is 11.7 Å². The lowest BCUT2D eigenvalue weighted by atomic mass is 10.0. The predicted octanol–water partition coefficient (Wildman–Crippen LogP) is 1.42. The van der Waals surface area contributed by atoms with Crippen molar-refractivity contribution in [3.8, 4) is 0 Å². The van der Waals surface area contributed by atoms with Gasteiger partial charge in [-0.05, 0) is 25.5 Å². The maximum Gasteiger partial charge on any atom is 0.231 e. The average molecular weight is 264 g/mol. The van der Waals surface area contributed by atoms with Crippen molar-refractivity contribution in [2.24, 2.45) is 16.8 Å². The summed E-state index contributed by atoms with van der Waals surface area (Å²) in [6.07, 6.45) is 2.98. The number of nitrogens with two attached hydrogens (primary N) is 1. The van der Waals surface area contributed by atoms with Gasteiger partial charge in [0.1, 0.15) is 0 Å². The molecule has 6 heteroatoms. The van der Waals surface area contributed by atoms with E-state index in [-0.39, 0.29) is 17.8 Å². The van der Waals surface area contributed by atoms with Crippen LogP contribution in [0.4, 0.5) is 0 Å². The summed E-state index contributed by atoms with van der Waals surface area (Å²) in [4.78, 5) is 16.3. The third kappa shape index (κ3) is 4.24. The molecule has 19 heavy (non-hydrogen) atoms. The minimum absolute atomic E-state index is 0.0624. The molecule has 6 nitrogen and oxygen atoms in total. The SMILES string of the molecule is CCCC(C(=O)NC(C)c1ccccn1)C(N)=NO. The van der Waals surface area contributed by atoms with E-state index in [0.29, 0.717) is 6.42 Å². The van der Waals surface area contributed by atoms with Crippen LogP contribution in [0.5, 0.6) is 0 Å². The lowest BCUT2D eigenvalue weighted by molar-refractivity contribution is -0.123. The fourth-order valence-corrected chi connectivity index (χ4v) is 1.79. The molecule has 1 aromatic heterocycles. The van der Waals surface area contributed by atoms with Crippen LogP contribution in [0.2, 0.25) is 0 Å². The zero-order valence-electron chi connectivity index (χ0n) is 11.2. The molecule has 1 heterocycles.